The molecule has 1 aliphatic rings. The largest absolute Gasteiger partial charge is 0.361 e. The van der Waals surface area contributed by atoms with Crippen molar-refractivity contribution in [2.45, 2.75) is 12.1 Å². The molecule has 4 nitrogen and oxygen atoms in total. The Morgan fingerprint density at radius 1 is 0.692 bits per heavy atom. The first-order valence-corrected chi connectivity index (χ1v) is 10.3. The quantitative estimate of drug-likeness (QED) is 0.325. The van der Waals surface area contributed by atoms with E-state index in [0.717, 1.165) is 22.0 Å². The molecule has 2 unspecified atom stereocenters. The number of halogens is 2. The maximum atomic E-state index is 3.73. The number of piperazine rings is 1. The molecular formula is C20H18Br2N4. The molecule has 1 fully saturated rings. The zero-order chi connectivity index (χ0) is 17.7. The van der Waals surface area contributed by atoms with Crippen molar-refractivity contribution in [3.63, 3.8) is 0 Å². The van der Waals surface area contributed by atoms with E-state index in [4.69, 9.17) is 0 Å². The van der Waals surface area contributed by atoms with Crippen LogP contribution in [0.5, 0.6) is 0 Å². The van der Waals surface area contributed by atoms with E-state index >= 15 is 0 Å². The fourth-order valence-electron chi connectivity index (χ4n) is 3.91. The summed E-state index contributed by atoms with van der Waals surface area (Å²) in [5.41, 5.74) is 4.98. The first kappa shape index (κ1) is 16.6. The minimum absolute atomic E-state index is 0.297. The number of H-pyrrole nitrogens is 2. The number of aromatic amines is 2. The fourth-order valence-corrected chi connectivity index (χ4v) is 4.63. The van der Waals surface area contributed by atoms with Crippen LogP contribution in [0.4, 0.5) is 0 Å². The lowest BCUT2D eigenvalue weighted by molar-refractivity contribution is 0.359. The summed E-state index contributed by atoms with van der Waals surface area (Å²) in [5.74, 6) is 0. The molecule has 26 heavy (non-hydrogen) atoms. The number of benzene rings is 2. The Bertz CT molecular complexity index is 1000. The van der Waals surface area contributed by atoms with Crippen molar-refractivity contribution in [2.24, 2.45) is 0 Å². The molecule has 0 amide bonds. The number of hydrogen-bond donors (Lipinski definition) is 4. The Hall–Kier alpha value is -1.60. The van der Waals surface area contributed by atoms with E-state index < -0.39 is 0 Å². The number of hydrogen-bond acceptors (Lipinski definition) is 2. The Balaban J connectivity index is 1.40. The summed E-state index contributed by atoms with van der Waals surface area (Å²) in [5, 5.41) is 10.00. The monoisotopic (exact) mass is 472 g/mol. The molecule has 4 N–H and O–H groups in total. The van der Waals surface area contributed by atoms with Gasteiger partial charge in [-0.1, -0.05) is 31.9 Å². The van der Waals surface area contributed by atoms with Crippen molar-refractivity contribution in [2.75, 3.05) is 13.1 Å². The van der Waals surface area contributed by atoms with E-state index in [1.807, 2.05) is 0 Å². The number of rotatable bonds is 2. The van der Waals surface area contributed by atoms with E-state index in [0.29, 0.717) is 12.1 Å². The molecule has 4 aromatic rings. The van der Waals surface area contributed by atoms with Crippen molar-refractivity contribution in [1.82, 2.24) is 20.6 Å². The molecule has 1 aliphatic heterocycles. The normalized spacial score (nSPS) is 20.8. The summed E-state index contributed by atoms with van der Waals surface area (Å²) >= 11 is 7.17. The molecule has 2 aromatic heterocycles. The summed E-state index contributed by atoms with van der Waals surface area (Å²) in [6.45, 7) is 1.79. The molecule has 0 bridgehead atoms. The van der Waals surface area contributed by atoms with Crippen LogP contribution in [0, 0.1) is 0 Å². The van der Waals surface area contributed by atoms with Crippen molar-refractivity contribution < 1.29 is 0 Å². The maximum Gasteiger partial charge on any atom is 0.0468 e. The zero-order valence-corrected chi connectivity index (χ0v) is 17.1. The second-order valence-corrected chi connectivity index (χ2v) is 8.62. The lowest BCUT2D eigenvalue weighted by Crippen LogP contribution is -2.44. The zero-order valence-electron chi connectivity index (χ0n) is 13.9. The van der Waals surface area contributed by atoms with Gasteiger partial charge in [0.1, 0.15) is 0 Å². The number of fused-ring (bicyclic) bond motifs is 2. The summed E-state index contributed by atoms with van der Waals surface area (Å²) < 4.78 is 2.22. The van der Waals surface area contributed by atoms with Gasteiger partial charge in [-0.2, -0.15) is 0 Å². The molecule has 0 radical (unpaired) electrons. The second-order valence-electron chi connectivity index (χ2n) is 6.79. The summed E-state index contributed by atoms with van der Waals surface area (Å²) in [7, 11) is 0. The van der Waals surface area contributed by atoms with Gasteiger partial charge in [-0.05, 0) is 47.5 Å². The Morgan fingerprint density at radius 3 is 1.58 bits per heavy atom. The maximum absolute atomic E-state index is 3.73. The Morgan fingerprint density at radius 2 is 1.15 bits per heavy atom. The van der Waals surface area contributed by atoms with Crippen LogP contribution in [0.15, 0.2) is 57.7 Å². The lowest BCUT2D eigenvalue weighted by atomic mass is 9.99. The van der Waals surface area contributed by atoms with Gasteiger partial charge in [0.25, 0.3) is 0 Å². The SMILES string of the molecule is Brc1ccc2[nH]cc(C3CNC(c4c[nH]c5ccc(Br)cc45)CN3)c2c1. The topological polar surface area (TPSA) is 55.6 Å². The minimum Gasteiger partial charge on any atom is -0.361 e. The highest BCUT2D eigenvalue weighted by Crippen LogP contribution is 2.31. The van der Waals surface area contributed by atoms with Gasteiger partial charge < -0.3 is 20.6 Å². The van der Waals surface area contributed by atoms with Crippen molar-refractivity contribution in [3.8, 4) is 0 Å². The van der Waals surface area contributed by atoms with E-state index in [1.54, 1.807) is 0 Å². The average Bonchev–Trinajstić information content (AvgIpc) is 3.25. The van der Waals surface area contributed by atoms with Crippen LogP contribution >= 0.6 is 31.9 Å². The highest BCUT2D eigenvalue weighted by Gasteiger charge is 2.25. The van der Waals surface area contributed by atoms with Crippen molar-refractivity contribution >= 4 is 53.7 Å². The van der Waals surface area contributed by atoms with Gasteiger partial charge in [0.2, 0.25) is 0 Å². The van der Waals surface area contributed by atoms with Gasteiger partial charge >= 0.3 is 0 Å². The molecule has 2 aromatic carbocycles. The number of nitrogens with one attached hydrogen (secondary N) is 4. The first-order chi connectivity index (χ1) is 12.7. The third kappa shape index (κ3) is 2.81. The van der Waals surface area contributed by atoms with Gasteiger partial charge in [-0.3, -0.25) is 0 Å². The van der Waals surface area contributed by atoms with E-state index in [1.165, 1.54) is 32.9 Å². The van der Waals surface area contributed by atoms with Gasteiger partial charge in [0.15, 0.2) is 0 Å². The molecule has 0 saturated carbocycles. The molecule has 0 aliphatic carbocycles. The van der Waals surface area contributed by atoms with Crippen molar-refractivity contribution in [1.29, 1.82) is 0 Å². The van der Waals surface area contributed by atoms with Crippen LogP contribution in [0.2, 0.25) is 0 Å². The Labute approximate surface area is 168 Å². The first-order valence-electron chi connectivity index (χ1n) is 8.69. The molecule has 1 saturated heterocycles. The third-order valence-electron chi connectivity index (χ3n) is 5.24. The molecule has 2 atom stereocenters. The molecule has 5 rings (SSSR count). The predicted molar refractivity (Wildman–Crippen MR) is 113 cm³/mol. The van der Waals surface area contributed by atoms with E-state index in [-0.39, 0.29) is 0 Å². The van der Waals surface area contributed by atoms with E-state index in [9.17, 15) is 0 Å². The summed E-state index contributed by atoms with van der Waals surface area (Å²) in [6.07, 6.45) is 4.25. The molecule has 0 spiro atoms. The molecular weight excluding hydrogens is 456 g/mol. The van der Waals surface area contributed by atoms with Crippen LogP contribution < -0.4 is 10.6 Å². The third-order valence-corrected chi connectivity index (χ3v) is 6.23. The summed E-state index contributed by atoms with van der Waals surface area (Å²) in [4.78, 5) is 6.77. The van der Waals surface area contributed by atoms with Crippen LogP contribution in [0.3, 0.4) is 0 Å². The highest BCUT2D eigenvalue weighted by molar-refractivity contribution is 9.10. The van der Waals surface area contributed by atoms with Crippen LogP contribution in [0.25, 0.3) is 21.8 Å². The smallest absolute Gasteiger partial charge is 0.0468 e. The Kier molecular flexibility index (Phi) is 4.16. The highest BCUT2D eigenvalue weighted by atomic mass is 79.9. The van der Waals surface area contributed by atoms with Crippen LogP contribution in [0.1, 0.15) is 23.2 Å². The van der Waals surface area contributed by atoms with Crippen molar-refractivity contribution in [3.05, 3.63) is 68.9 Å². The average molecular weight is 474 g/mol. The van der Waals surface area contributed by atoms with Gasteiger partial charge in [-0.15, -0.1) is 0 Å². The second kappa shape index (κ2) is 6.53. The van der Waals surface area contributed by atoms with Gasteiger partial charge in [-0.25, -0.2) is 0 Å². The van der Waals surface area contributed by atoms with Gasteiger partial charge in [0, 0.05) is 68.3 Å². The fraction of sp³-hybridized carbons (Fsp3) is 0.200. The molecule has 132 valence electrons. The standard InChI is InChI=1S/C20H18Br2N4/c21-11-1-3-17-13(5-11)15(7-23-17)19-9-26-20(10-25-19)16-8-24-18-4-2-12(22)6-14(16)18/h1-8,19-20,23-26H,9-10H2. The summed E-state index contributed by atoms with van der Waals surface area (Å²) in [6, 6.07) is 13.3. The molecule has 6 heteroatoms. The molecule has 3 heterocycles. The minimum atomic E-state index is 0.297. The lowest BCUT2D eigenvalue weighted by Gasteiger charge is -2.31. The predicted octanol–water partition coefficient (Wildman–Crippen LogP) is 5.15. The number of aromatic nitrogens is 2. The van der Waals surface area contributed by atoms with Gasteiger partial charge in [0.05, 0.1) is 0 Å². The van der Waals surface area contributed by atoms with E-state index in [2.05, 4.69) is 101 Å². The van der Waals surface area contributed by atoms with Crippen LogP contribution in [-0.4, -0.2) is 23.1 Å². The van der Waals surface area contributed by atoms with Crippen LogP contribution in [-0.2, 0) is 0 Å².